The Morgan fingerprint density at radius 2 is 2.04 bits per heavy atom. The molecule has 4 atom stereocenters. The van der Waals surface area contributed by atoms with E-state index in [4.69, 9.17) is 4.74 Å². The van der Waals surface area contributed by atoms with Crippen molar-refractivity contribution in [1.29, 1.82) is 0 Å². The second-order valence-corrected chi connectivity index (χ2v) is 7.98. The summed E-state index contributed by atoms with van der Waals surface area (Å²) in [4.78, 5) is 17.3. The number of methoxy groups -OCH3 is 1. The van der Waals surface area contributed by atoms with E-state index in [2.05, 4.69) is 22.2 Å². The van der Waals surface area contributed by atoms with Crippen LogP contribution in [0, 0.1) is 11.8 Å². The van der Waals surface area contributed by atoms with E-state index in [1.807, 2.05) is 0 Å². The molecule has 1 amide bonds. The van der Waals surface area contributed by atoms with Crippen LogP contribution in [0.25, 0.3) is 0 Å². The van der Waals surface area contributed by atoms with Gasteiger partial charge in [-0.1, -0.05) is 0 Å². The lowest BCUT2D eigenvalue weighted by atomic mass is 9.69. The van der Waals surface area contributed by atoms with Crippen molar-refractivity contribution < 1.29 is 9.53 Å². The summed E-state index contributed by atoms with van der Waals surface area (Å²) >= 11 is 0. The van der Waals surface area contributed by atoms with E-state index < -0.39 is 0 Å². The fraction of sp³-hybridized carbons (Fsp3) is 0.947. The maximum atomic E-state index is 11.9. The molecule has 0 radical (unpaired) electrons. The number of carbonyl (C=O) groups is 1. The highest BCUT2D eigenvalue weighted by Crippen LogP contribution is 2.42. The van der Waals surface area contributed by atoms with Crippen molar-refractivity contribution in [3.05, 3.63) is 0 Å². The highest BCUT2D eigenvalue weighted by Gasteiger charge is 2.47. The number of rotatable bonds is 7. The molecular weight excluding hydrogens is 302 g/mol. The van der Waals surface area contributed by atoms with Gasteiger partial charge in [-0.15, -0.1) is 0 Å². The fourth-order valence-corrected chi connectivity index (χ4v) is 5.50. The molecule has 0 unspecified atom stereocenters. The summed E-state index contributed by atoms with van der Waals surface area (Å²) in [6.45, 7) is 5.10. The van der Waals surface area contributed by atoms with Gasteiger partial charge in [0, 0.05) is 38.7 Å². The van der Waals surface area contributed by atoms with Crippen LogP contribution in [0.3, 0.4) is 0 Å². The zero-order valence-corrected chi connectivity index (χ0v) is 15.5. The Balaban J connectivity index is 1.50. The number of nitrogens with zero attached hydrogens (tertiary/aromatic N) is 2. The minimum absolute atomic E-state index is 0.173. The van der Waals surface area contributed by atoms with E-state index in [0.717, 1.165) is 30.7 Å². The van der Waals surface area contributed by atoms with Gasteiger partial charge in [-0.05, 0) is 70.5 Å². The summed E-state index contributed by atoms with van der Waals surface area (Å²) < 4.78 is 4.98. The first-order valence-electron chi connectivity index (χ1n) is 9.90. The van der Waals surface area contributed by atoms with E-state index in [-0.39, 0.29) is 5.91 Å². The van der Waals surface area contributed by atoms with Crippen molar-refractivity contribution in [2.45, 2.75) is 57.0 Å². The first-order chi connectivity index (χ1) is 11.7. The predicted octanol–water partition coefficient (Wildman–Crippen LogP) is 1.72. The molecule has 3 aliphatic rings. The molecule has 3 fully saturated rings. The van der Waals surface area contributed by atoms with Crippen molar-refractivity contribution >= 4 is 5.91 Å². The first kappa shape index (κ1) is 18.2. The van der Waals surface area contributed by atoms with Crippen LogP contribution in [0.5, 0.6) is 0 Å². The summed E-state index contributed by atoms with van der Waals surface area (Å²) in [7, 11) is 3.98. The Morgan fingerprint density at radius 1 is 1.25 bits per heavy atom. The topological polar surface area (TPSA) is 44.8 Å². The molecule has 0 aromatic carbocycles. The van der Waals surface area contributed by atoms with Crippen molar-refractivity contribution in [2.24, 2.45) is 11.8 Å². The number of nitrogens with one attached hydrogen (secondary N) is 1. The molecule has 0 aromatic heterocycles. The van der Waals surface area contributed by atoms with Crippen LogP contribution in [0.4, 0.5) is 0 Å². The average Bonchev–Trinajstić information content (AvgIpc) is 2.58. The number of carbonyl (C=O) groups excluding carboxylic acids is 1. The molecule has 1 N–H and O–H groups in total. The van der Waals surface area contributed by atoms with E-state index in [9.17, 15) is 4.79 Å². The third-order valence-corrected chi connectivity index (χ3v) is 6.46. The minimum atomic E-state index is 0.173. The summed E-state index contributed by atoms with van der Waals surface area (Å²) in [5.41, 5.74) is 0. The Morgan fingerprint density at radius 3 is 2.83 bits per heavy atom. The fourth-order valence-electron chi connectivity index (χ4n) is 5.50. The highest BCUT2D eigenvalue weighted by molar-refractivity contribution is 5.75. The predicted molar refractivity (Wildman–Crippen MR) is 96.0 cm³/mol. The molecule has 24 heavy (non-hydrogen) atoms. The minimum Gasteiger partial charge on any atom is -0.383 e. The summed E-state index contributed by atoms with van der Waals surface area (Å²) in [6, 6.07) is 1.49. The van der Waals surface area contributed by atoms with Crippen molar-refractivity contribution in [3.63, 3.8) is 0 Å². The third kappa shape index (κ3) is 4.12. The summed E-state index contributed by atoms with van der Waals surface area (Å²) in [6.07, 6.45) is 8.35. The lowest BCUT2D eigenvalue weighted by molar-refractivity contribution is -0.121. The molecule has 0 bridgehead atoms. The monoisotopic (exact) mass is 337 g/mol. The smallest absolute Gasteiger partial charge is 0.220 e. The second-order valence-electron chi connectivity index (χ2n) is 7.98. The lowest BCUT2D eigenvalue weighted by Gasteiger charge is -2.57. The molecule has 5 nitrogen and oxygen atoms in total. The van der Waals surface area contributed by atoms with Gasteiger partial charge in [0.25, 0.3) is 0 Å². The van der Waals surface area contributed by atoms with Crippen LogP contribution in [0.1, 0.15) is 44.9 Å². The maximum absolute atomic E-state index is 11.9. The van der Waals surface area contributed by atoms with E-state index >= 15 is 0 Å². The van der Waals surface area contributed by atoms with E-state index in [1.165, 1.54) is 45.3 Å². The highest BCUT2D eigenvalue weighted by atomic mass is 16.5. The van der Waals surface area contributed by atoms with Crippen LogP contribution in [0.15, 0.2) is 0 Å². The van der Waals surface area contributed by atoms with Gasteiger partial charge in [-0.3, -0.25) is 9.69 Å². The molecule has 5 heteroatoms. The standard InChI is InChI=1S/C19H35N3O2/c1-21-14-15-6-4-11-22-12-5-7-16(19(15)22)17(21)8-3-9-18(23)20-10-13-24-2/h15-17,19H,3-14H2,1-2H3,(H,20,23)/t15-,16+,17+,19-/m0/s1. The molecule has 0 aliphatic carbocycles. The number of piperidine rings is 3. The van der Waals surface area contributed by atoms with E-state index in [1.54, 1.807) is 7.11 Å². The SMILES string of the molecule is COCCNC(=O)CCC[C@@H]1[C@H]2CCCN3CCC[C@@H](CN1C)[C@@H]23. The summed E-state index contributed by atoms with van der Waals surface area (Å²) in [5.74, 6) is 1.87. The molecule has 0 spiro atoms. The third-order valence-electron chi connectivity index (χ3n) is 6.46. The zero-order chi connectivity index (χ0) is 16.9. The zero-order valence-electron chi connectivity index (χ0n) is 15.5. The van der Waals surface area contributed by atoms with Crippen molar-refractivity contribution in [2.75, 3.05) is 46.9 Å². The number of hydrogen-bond donors (Lipinski definition) is 1. The van der Waals surface area contributed by atoms with Crippen LogP contribution in [0.2, 0.25) is 0 Å². The van der Waals surface area contributed by atoms with E-state index in [0.29, 0.717) is 25.6 Å². The first-order valence-corrected chi connectivity index (χ1v) is 9.90. The molecule has 3 rings (SSSR count). The Hall–Kier alpha value is -0.650. The quantitative estimate of drug-likeness (QED) is 0.719. The molecule has 0 aromatic rings. The number of amides is 1. The lowest BCUT2D eigenvalue weighted by Crippen LogP contribution is -2.63. The van der Waals surface area contributed by atoms with Gasteiger partial charge in [0.05, 0.1) is 6.61 Å². The largest absolute Gasteiger partial charge is 0.383 e. The average molecular weight is 338 g/mol. The van der Waals surface area contributed by atoms with Gasteiger partial charge in [-0.25, -0.2) is 0 Å². The van der Waals surface area contributed by atoms with Crippen molar-refractivity contribution in [3.8, 4) is 0 Å². The number of likely N-dealkylation sites (tertiary alicyclic amines) is 1. The molecule has 3 saturated heterocycles. The van der Waals surface area contributed by atoms with Crippen LogP contribution in [-0.4, -0.2) is 74.7 Å². The van der Waals surface area contributed by atoms with Crippen LogP contribution in [-0.2, 0) is 9.53 Å². The number of hydrogen-bond acceptors (Lipinski definition) is 4. The summed E-state index contributed by atoms with van der Waals surface area (Å²) in [5, 5.41) is 2.94. The Kier molecular flexibility index (Phi) is 6.53. The normalized spacial score (nSPS) is 33.9. The van der Waals surface area contributed by atoms with Gasteiger partial charge in [0.1, 0.15) is 0 Å². The molecule has 0 saturated carbocycles. The van der Waals surface area contributed by atoms with Gasteiger partial charge in [-0.2, -0.15) is 0 Å². The second kappa shape index (κ2) is 8.63. The molecule has 138 valence electrons. The number of ether oxygens (including phenoxy) is 1. The molecule has 3 aliphatic heterocycles. The van der Waals surface area contributed by atoms with Gasteiger partial charge in [0.2, 0.25) is 5.91 Å². The van der Waals surface area contributed by atoms with Crippen LogP contribution >= 0.6 is 0 Å². The van der Waals surface area contributed by atoms with Gasteiger partial charge in [0.15, 0.2) is 0 Å². The maximum Gasteiger partial charge on any atom is 0.220 e. The van der Waals surface area contributed by atoms with Crippen molar-refractivity contribution in [1.82, 2.24) is 15.1 Å². The Bertz CT molecular complexity index is 415. The molecular formula is C19H35N3O2. The van der Waals surface area contributed by atoms with Gasteiger partial charge < -0.3 is 15.0 Å². The molecule has 3 heterocycles. The van der Waals surface area contributed by atoms with Gasteiger partial charge >= 0.3 is 0 Å². The Labute approximate surface area is 147 Å². The van der Waals surface area contributed by atoms with Crippen LogP contribution < -0.4 is 5.32 Å².